The van der Waals surface area contributed by atoms with Crippen molar-refractivity contribution in [2.24, 2.45) is 16.8 Å². The molecule has 1 aromatic heterocycles. The van der Waals surface area contributed by atoms with E-state index in [2.05, 4.69) is 33.8 Å². The molecule has 1 aliphatic rings. The molecule has 1 fully saturated rings. The second-order valence-electron chi connectivity index (χ2n) is 5.57. The minimum atomic E-state index is 0.118. The van der Waals surface area contributed by atoms with E-state index >= 15 is 0 Å². The number of hydrogen-bond donors (Lipinski definition) is 2. The molecule has 0 aliphatic carbocycles. The highest BCUT2D eigenvalue weighted by atomic mass is 16.4. The number of pyridine rings is 1. The van der Waals surface area contributed by atoms with Crippen LogP contribution in [0.25, 0.3) is 0 Å². The summed E-state index contributed by atoms with van der Waals surface area (Å²) in [5.41, 5.74) is 6.31. The first-order valence-corrected chi connectivity index (χ1v) is 7.01. The summed E-state index contributed by atoms with van der Waals surface area (Å²) in [6, 6.07) is 3.61. The van der Waals surface area contributed by atoms with Crippen LogP contribution in [0.15, 0.2) is 23.5 Å². The summed E-state index contributed by atoms with van der Waals surface area (Å²) in [5.74, 6) is 1.70. The van der Waals surface area contributed by atoms with Crippen LogP contribution >= 0.6 is 0 Å². The molecule has 20 heavy (non-hydrogen) atoms. The zero-order valence-electron chi connectivity index (χ0n) is 12.2. The zero-order chi connectivity index (χ0) is 14.5. The Morgan fingerprint density at radius 3 is 2.70 bits per heavy atom. The molecule has 0 radical (unpaired) electrons. The fraction of sp³-hybridized carbons (Fsp3) is 0.571. The van der Waals surface area contributed by atoms with Gasteiger partial charge in [-0.3, -0.25) is 4.90 Å². The molecule has 1 aliphatic heterocycles. The number of oxime groups is 1. The van der Waals surface area contributed by atoms with Gasteiger partial charge in [-0.05, 0) is 18.1 Å². The monoisotopic (exact) mass is 277 g/mol. The Morgan fingerprint density at radius 1 is 1.40 bits per heavy atom. The van der Waals surface area contributed by atoms with Crippen molar-refractivity contribution in [1.82, 2.24) is 9.88 Å². The Kier molecular flexibility index (Phi) is 4.79. The van der Waals surface area contributed by atoms with Crippen molar-refractivity contribution in [2.75, 3.05) is 37.6 Å². The van der Waals surface area contributed by atoms with E-state index in [0.717, 1.165) is 38.5 Å². The number of rotatable bonds is 4. The van der Waals surface area contributed by atoms with Gasteiger partial charge >= 0.3 is 0 Å². The summed E-state index contributed by atoms with van der Waals surface area (Å²) >= 11 is 0. The standard InChI is InChI=1S/C14H23N5O/c1-11(2)10-18-5-7-19(8-6-18)13-9-12(3-4-16-13)14(15)17-20/h3-4,9,11,20H,5-8,10H2,1-2H3,(H2,15,17). The van der Waals surface area contributed by atoms with Crippen LogP contribution in [0.2, 0.25) is 0 Å². The van der Waals surface area contributed by atoms with Gasteiger partial charge in [0.1, 0.15) is 5.82 Å². The lowest BCUT2D eigenvalue weighted by molar-refractivity contribution is 0.231. The summed E-state index contributed by atoms with van der Waals surface area (Å²) in [4.78, 5) is 9.10. The van der Waals surface area contributed by atoms with Gasteiger partial charge in [-0.25, -0.2) is 4.98 Å². The number of piperazine rings is 1. The number of amidine groups is 1. The topological polar surface area (TPSA) is 78.0 Å². The van der Waals surface area contributed by atoms with Crippen LogP contribution in [0.3, 0.4) is 0 Å². The molecule has 0 aromatic carbocycles. The van der Waals surface area contributed by atoms with Crippen LogP contribution in [-0.2, 0) is 0 Å². The normalized spacial score (nSPS) is 17.8. The van der Waals surface area contributed by atoms with E-state index < -0.39 is 0 Å². The molecule has 0 amide bonds. The number of hydrogen-bond acceptors (Lipinski definition) is 5. The van der Waals surface area contributed by atoms with Gasteiger partial charge in [0.25, 0.3) is 0 Å². The minimum absolute atomic E-state index is 0.118. The third kappa shape index (κ3) is 3.60. The Bertz CT molecular complexity index is 466. The molecule has 1 aromatic rings. The summed E-state index contributed by atoms with van der Waals surface area (Å²) in [5, 5.41) is 11.8. The summed E-state index contributed by atoms with van der Waals surface area (Å²) in [7, 11) is 0. The minimum Gasteiger partial charge on any atom is -0.409 e. The number of nitrogens with two attached hydrogens (primary N) is 1. The van der Waals surface area contributed by atoms with Crippen LogP contribution in [-0.4, -0.2) is 53.7 Å². The first-order valence-electron chi connectivity index (χ1n) is 7.01. The number of aromatic nitrogens is 1. The Hall–Kier alpha value is -1.82. The summed E-state index contributed by atoms with van der Waals surface area (Å²) < 4.78 is 0. The van der Waals surface area contributed by atoms with Crippen molar-refractivity contribution in [3.05, 3.63) is 23.9 Å². The fourth-order valence-electron chi connectivity index (χ4n) is 2.48. The van der Waals surface area contributed by atoms with Crippen molar-refractivity contribution in [3.63, 3.8) is 0 Å². The molecule has 0 spiro atoms. The third-order valence-electron chi connectivity index (χ3n) is 3.47. The Labute approximate surface area is 119 Å². The van der Waals surface area contributed by atoms with Crippen molar-refractivity contribution < 1.29 is 5.21 Å². The average molecular weight is 277 g/mol. The van der Waals surface area contributed by atoms with Crippen molar-refractivity contribution in [3.8, 4) is 0 Å². The van der Waals surface area contributed by atoms with Gasteiger partial charge in [0.05, 0.1) is 0 Å². The predicted octanol–water partition coefficient (Wildman–Crippen LogP) is 0.954. The lowest BCUT2D eigenvalue weighted by Gasteiger charge is -2.36. The third-order valence-corrected chi connectivity index (χ3v) is 3.47. The molecule has 0 unspecified atom stereocenters. The fourth-order valence-corrected chi connectivity index (χ4v) is 2.48. The Morgan fingerprint density at radius 2 is 2.10 bits per heavy atom. The van der Waals surface area contributed by atoms with Crippen LogP contribution in [0.4, 0.5) is 5.82 Å². The van der Waals surface area contributed by atoms with Crippen LogP contribution < -0.4 is 10.6 Å². The lowest BCUT2D eigenvalue weighted by Crippen LogP contribution is -2.47. The van der Waals surface area contributed by atoms with E-state index in [4.69, 9.17) is 10.9 Å². The van der Waals surface area contributed by atoms with Gasteiger partial charge in [0, 0.05) is 44.5 Å². The quantitative estimate of drug-likeness (QED) is 0.371. The van der Waals surface area contributed by atoms with Gasteiger partial charge in [0.15, 0.2) is 5.84 Å². The highest BCUT2D eigenvalue weighted by Crippen LogP contribution is 2.15. The van der Waals surface area contributed by atoms with E-state index in [0.29, 0.717) is 11.5 Å². The maximum Gasteiger partial charge on any atom is 0.170 e. The van der Waals surface area contributed by atoms with Crippen molar-refractivity contribution in [1.29, 1.82) is 0 Å². The van der Waals surface area contributed by atoms with E-state index in [1.807, 2.05) is 6.07 Å². The molecule has 2 heterocycles. The number of anilines is 1. The average Bonchev–Trinajstić information content (AvgIpc) is 2.47. The van der Waals surface area contributed by atoms with Crippen LogP contribution in [0.5, 0.6) is 0 Å². The molecule has 6 nitrogen and oxygen atoms in total. The second kappa shape index (κ2) is 6.56. The van der Waals surface area contributed by atoms with Crippen LogP contribution in [0.1, 0.15) is 19.4 Å². The Balaban J connectivity index is 2.00. The molecular weight excluding hydrogens is 254 g/mol. The highest BCUT2D eigenvalue weighted by molar-refractivity contribution is 5.97. The molecule has 3 N–H and O–H groups in total. The maximum absolute atomic E-state index is 8.73. The van der Waals surface area contributed by atoms with E-state index in [9.17, 15) is 0 Å². The first-order chi connectivity index (χ1) is 9.60. The molecule has 110 valence electrons. The van der Waals surface area contributed by atoms with Gasteiger partial charge in [0.2, 0.25) is 0 Å². The van der Waals surface area contributed by atoms with E-state index in [1.165, 1.54) is 0 Å². The maximum atomic E-state index is 8.73. The molecule has 1 saturated heterocycles. The molecule has 6 heteroatoms. The zero-order valence-corrected chi connectivity index (χ0v) is 12.2. The van der Waals surface area contributed by atoms with Crippen molar-refractivity contribution >= 4 is 11.7 Å². The molecule has 2 rings (SSSR count). The SMILES string of the molecule is CC(C)CN1CCN(c2cc(C(N)=NO)ccn2)CC1. The van der Waals surface area contributed by atoms with Gasteiger partial charge in [-0.15, -0.1) is 0 Å². The first kappa shape index (κ1) is 14.6. The smallest absolute Gasteiger partial charge is 0.170 e. The van der Waals surface area contributed by atoms with Crippen molar-refractivity contribution in [2.45, 2.75) is 13.8 Å². The number of nitrogens with zero attached hydrogens (tertiary/aromatic N) is 4. The van der Waals surface area contributed by atoms with Gasteiger partial charge in [-0.1, -0.05) is 19.0 Å². The molecular formula is C14H23N5O. The van der Waals surface area contributed by atoms with Crippen LogP contribution in [0, 0.1) is 5.92 Å². The summed E-state index contributed by atoms with van der Waals surface area (Å²) in [6.07, 6.45) is 1.70. The molecule has 0 bridgehead atoms. The highest BCUT2D eigenvalue weighted by Gasteiger charge is 2.18. The van der Waals surface area contributed by atoms with E-state index in [-0.39, 0.29) is 5.84 Å². The van der Waals surface area contributed by atoms with Gasteiger partial charge < -0.3 is 15.8 Å². The molecule has 0 atom stereocenters. The molecule has 0 saturated carbocycles. The summed E-state index contributed by atoms with van der Waals surface area (Å²) in [6.45, 7) is 9.65. The predicted molar refractivity (Wildman–Crippen MR) is 80.2 cm³/mol. The largest absolute Gasteiger partial charge is 0.409 e. The lowest BCUT2D eigenvalue weighted by atomic mass is 10.2. The van der Waals surface area contributed by atoms with Gasteiger partial charge in [-0.2, -0.15) is 0 Å². The van der Waals surface area contributed by atoms with E-state index in [1.54, 1.807) is 12.3 Å². The second-order valence-corrected chi connectivity index (χ2v) is 5.57.